The van der Waals surface area contributed by atoms with Gasteiger partial charge < -0.3 is 9.30 Å². The van der Waals surface area contributed by atoms with Crippen LogP contribution in [0, 0.1) is 6.92 Å². The van der Waals surface area contributed by atoms with Gasteiger partial charge >= 0.3 is 0 Å². The van der Waals surface area contributed by atoms with E-state index in [1.54, 1.807) is 24.3 Å². The Bertz CT molecular complexity index is 973. The van der Waals surface area contributed by atoms with Gasteiger partial charge in [0.05, 0.1) is 25.0 Å². The zero-order valence-corrected chi connectivity index (χ0v) is 16.4. The van der Waals surface area contributed by atoms with E-state index in [1.165, 1.54) is 18.9 Å². The lowest BCUT2D eigenvalue weighted by Crippen LogP contribution is -2.32. The summed E-state index contributed by atoms with van der Waals surface area (Å²) in [6.07, 6.45) is 0. The number of hydrogen-bond acceptors (Lipinski definition) is 6. The highest BCUT2D eigenvalue weighted by atomic mass is 32.2. The standard InChI is InChI=1S/C20H20N4O3S/c1-14-22-23-20(24(14)12-15-8-4-3-5-9-15)28-13-18(25)21-19(26)16-10-6-7-11-17(16)27-2/h3-11H,12-13H2,1-2H3,(H,21,25,26). The number of nitrogens with one attached hydrogen (secondary N) is 1. The van der Waals surface area contributed by atoms with Crippen molar-refractivity contribution in [1.29, 1.82) is 0 Å². The quantitative estimate of drug-likeness (QED) is 0.618. The number of imide groups is 1. The number of aromatic nitrogens is 3. The van der Waals surface area contributed by atoms with Gasteiger partial charge in [-0.25, -0.2) is 0 Å². The molecule has 0 aliphatic heterocycles. The number of benzene rings is 2. The van der Waals surface area contributed by atoms with Gasteiger partial charge in [-0.2, -0.15) is 0 Å². The number of carbonyl (C=O) groups is 2. The molecule has 1 N–H and O–H groups in total. The van der Waals surface area contributed by atoms with Gasteiger partial charge in [-0.15, -0.1) is 10.2 Å². The monoisotopic (exact) mass is 396 g/mol. The summed E-state index contributed by atoms with van der Waals surface area (Å²) in [5, 5.41) is 11.2. The van der Waals surface area contributed by atoms with Crippen LogP contribution in [0.5, 0.6) is 5.75 Å². The van der Waals surface area contributed by atoms with Gasteiger partial charge in [0.1, 0.15) is 11.6 Å². The predicted octanol–water partition coefficient (Wildman–Crippen LogP) is 2.69. The number of rotatable bonds is 7. The maximum absolute atomic E-state index is 12.3. The van der Waals surface area contributed by atoms with Gasteiger partial charge in [-0.3, -0.25) is 14.9 Å². The Balaban J connectivity index is 1.61. The number of aryl methyl sites for hydroxylation is 1. The number of thioether (sulfide) groups is 1. The molecule has 3 rings (SSSR count). The molecule has 0 bridgehead atoms. The van der Waals surface area contributed by atoms with Crippen molar-refractivity contribution in [3.8, 4) is 5.75 Å². The van der Waals surface area contributed by atoms with Crippen molar-refractivity contribution in [2.24, 2.45) is 0 Å². The summed E-state index contributed by atoms with van der Waals surface area (Å²) < 4.78 is 7.09. The Labute approximate surface area is 167 Å². The lowest BCUT2D eigenvalue weighted by Gasteiger charge is -2.09. The first kappa shape index (κ1) is 19.6. The number of hydrogen-bond donors (Lipinski definition) is 1. The molecule has 0 unspecified atom stereocenters. The molecule has 144 valence electrons. The Hall–Kier alpha value is -3.13. The van der Waals surface area contributed by atoms with Crippen LogP contribution in [0.2, 0.25) is 0 Å². The van der Waals surface area contributed by atoms with Crippen LogP contribution >= 0.6 is 11.8 Å². The third kappa shape index (κ3) is 4.77. The van der Waals surface area contributed by atoms with Gasteiger partial charge in [0, 0.05) is 0 Å². The van der Waals surface area contributed by atoms with E-state index in [2.05, 4.69) is 15.5 Å². The molecule has 1 heterocycles. The fraction of sp³-hybridized carbons (Fsp3) is 0.200. The van der Waals surface area contributed by atoms with Crippen LogP contribution in [-0.4, -0.2) is 39.4 Å². The zero-order valence-electron chi connectivity index (χ0n) is 15.6. The van der Waals surface area contributed by atoms with Crippen LogP contribution in [0.4, 0.5) is 0 Å². The van der Waals surface area contributed by atoms with E-state index in [9.17, 15) is 9.59 Å². The molecular formula is C20H20N4O3S. The largest absolute Gasteiger partial charge is 0.496 e. The number of amides is 2. The molecular weight excluding hydrogens is 376 g/mol. The summed E-state index contributed by atoms with van der Waals surface area (Å²) in [7, 11) is 1.48. The molecule has 0 fully saturated rings. The van der Waals surface area contributed by atoms with Crippen molar-refractivity contribution in [2.45, 2.75) is 18.6 Å². The normalized spacial score (nSPS) is 10.5. The molecule has 2 amide bonds. The van der Waals surface area contributed by atoms with E-state index >= 15 is 0 Å². The highest BCUT2D eigenvalue weighted by Crippen LogP contribution is 2.19. The maximum atomic E-state index is 12.3. The van der Waals surface area contributed by atoms with E-state index in [-0.39, 0.29) is 5.75 Å². The van der Waals surface area contributed by atoms with Gasteiger partial charge in [0.25, 0.3) is 5.91 Å². The molecule has 7 nitrogen and oxygen atoms in total. The minimum atomic E-state index is -0.495. The smallest absolute Gasteiger partial charge is 0.261 e. The number of para-hydroxylation sites is 1. The molecule has 3 aromatic rings. The van der Waals surface area contributed by atoms with Crippen molar-refractivity contribution in [2.75, 3.05) is 12.9 Å². The van der Waals surface area contributed by atoms with Crippen molar-refractivity contribution >= 4 is 23.6 Å². The molecule has 0 aliphatic carbocycles. The molecule has 8 heteroatoms. The Kier molecular flexibility index (Phi) is 6.44. The zero-order chi connectivity index (χ0) is 19.9. The minimum absolute atomic E-state index is 0.0494. The van der Waals surface area contributed by atoms with Crippen LogP contribution in [0.25, 0.3) is 0 Å². The summed E-state index contributed by atoms with van der Waals surface area (Å²) >= 11 is 1.24. The van der Waals surface area contributed by atoms with Crippen molar-refractivity contribution < 1.29 is 14.3 Å². The van der Waals surface area contributed by atoms with E-state index < -0.39 is 11.8 Å². The van der Waals surface area contributed by atoms with E-state index in [0.717, 1.165) is 11.4 Å². The summed E-state index contributed by atoms with van der Waals surface area (Å²) in [4.78, 5) is 24.5. The first-order valence-corrected chi connectivity index (χ1v) is 9.60. The summed E-state index contributed by atoms with van der Waals surface area (Å²) in [5.74, 6) is 0.321. The molecule has 28 heavy (non-hydrogen) atoms. The van der Waals surface area contributed by atoms with E-state index in [1.807, 2.05) is 41.8 Å². The lowest BCUT2D eigenvalue weighted by molar-refractivity contribution is -0.117. The first-order valence-electron chi connectivity index (χ1n) is 8.62. The topological polar surface area (TPSA) is 86.1 Å². The van der Waals surface area contributed by atoms with Gasteiger partial charge in [-0.1, -0.05) is 54.2 Å². The van der Waals surface area contributed by atoms with Crippen LogP contribution in [0.1, 0.15) is 21.7 Å². The fourth-order valence-electron chi connectivity index (χ4n) is 2.61. The maximum Gasteiger partial charge on any atom is 0.261 e. The van der Waals surface area contributed by atoms with Crippen LogP contribution in [0.15, 0.2) is 59.8 Å². The van der Waals surface area contributed by atoms with Gasteiger partial charge in [-0.05, 0) is 24.6 Å². The Morgan fingerprint density at radius 2 is 1.79 bits per heavy atom. The molecule has 1 aromatic heterocycles. The molecule has 2 aromatic carbocycles. The SMILES string of the molecule is COc1ccccc1C(=O)NC(=O)CSc1nnc(C)n1Cc1ccccc1. The van der Waals surface area contributed by atoms with Crippen LogP contribution < -0.4 is 10.1 Å². The third-order valence-electron chi connectivity index (χ3n) is 4.02. The second kappa shape index (κ2) is 9.18. The van der Waals surface area contributed by atoms with Crippen LogP contribution in [-0.2, 0) is 11.3 Å². The minimum Gasteiger partial charge on any atom is -0.496 e. The highest BCUT2D eigenvalue weighted by Gasteiger charge is 2.16. The highest BCUT2D eigenvalue weighted by molar-refractivity contribution is 7.99. The van der Waals surface area contributed by atoms with Gasteiger partial charge in [0.2, 0.25) is 5.91 Å². The predicted molar refractivity (Wildman–Crippen MR) is 106 cm³/mol. The molecule has 0 spiro atoms. The van der Waals surface area contributed by atoms with E-state index in [4.69, 9.17) is 4.74 Å². The second-order valence-corrected chi connectivity index (χ2v) is 6.91. The second-order valence-electron chi connectivity index (χ2n) is 5.97. The number of methoxy groups -OCH3 is 1. The summed E-state index contributed by atoms with van der Waals surface area (Å²) in [5.41, 5.74) is 1.43. The van der Waals surface area contributed by atoms with Gasteiger partial charge in [0.15, 0.2) is 5.16 Å². The summed E-state index contributed by atoms with van der Waals surface area (Å²) in [6, 6.07) is 16.7. The molecule has 0 aliphatic rings. The Morgan fingerprint density at radius 3 is 2.54 bits per heavy atom. The molecule has 0 saturated heterocycles. The number of carbonyl (C=O) groups excluding carboxylic acids is 2. The number of ether oxygens (including phenoxy) is 1. The first-order chi connectivity index (χ1) is 13.6. The fourth-order valence-corrected chi connectivity index (χ4v) is 3.39. The van der Waals surface area contributed by atoms with E-state index in [0.29, 0.717) is 23.0 Å². The molecule has 0 radical (unpaired) electrons. The summed E-state index contributed by atoms with van der Waals surface area (Å²) in [6.45, 7) is 2.48. The number of nitrogens with zero attached hydrogens (tertiary/aromatic N) is 3. The molecule has 0 atom stereocenters. The van der Waals surface area contributed by atoms with Crippen molar-refractivity contribution in [1.82, 2.24) is 20.1 Å². The lowest BCUT2D eigenvalue weighted by atomic mass is 10.2. The van der Waals surface area contributed by atoms with Crippen molar-refractivity contribution in [3.63, 3.8) is 0 Å². The average molecular weight is 396 g/mol. The average Bonchev–Trinajstić information content (AvgIpc) is 3.06. The third-order valence-corrected chi connectivity index (χ3v) is 4.99. The molecule has 0 saturated carbocycles. The van der Waals surface area contributed by atoms with Crippen molar-refractivity contribution in [3.05, 3.63) is 71.5 Å². The Morgan fingerprint density at radius 1 is 1.07 bits per heavy atom. The van der Waals surface area contributed by atoms with Crippen LogP contribution in [0.3, 0.4) is 0 Å².